The molecule has 20 heavy (non-hydrogen) atoms. The van der Waals surface area contributed by atoms with E-state index in [4.69, 9.17) is 0 Å². The van der Waals surface area contributed by atoms with E-state index >= 15 is 0 Å². The quantitative estimate of drug-likeness (QED) is 0.568. The number of fused-ring (bicyclic) bond motifs is 1. The number of nitrogens with one attached hydrogen (secondary N) is 2. The molecule has 114 valence electrons. The van der Waals surface area contributed by atoms with Gasteiger partial charge in [0.2, 0.25) is 5.91 Å². The molecule has 0 aromatic carbocycles. The minimum Gasteiger partial charge on any atom is -0.326 e. The molecule has 2 aliphatic rings. The number of nitrogens with zero attached hydrogens (tertiary/aromatic N) is 1. The minimum absolute atomic E-state index is 0.0367. The Labute approximate surface area is 134 Å². The Kier molecular flexibility index (Phi) is 5.65. The maximum atomic E-state index is 12.8. The van der Waals surface area contributed by atoms with Gasteiger partial charge in [0.05, 0.1) is 28.9 Å². The molecule has 2 amide bonds. The van der Waals surface area contributed by atoms with Gasteiger partial charge in [-0.3, -0.25) is 13.1 Å². The van der Waals surface area contributed by atoms with E-state index in [1.54, 1.807) is 0 Å². The Balaban J connectivity index is 2.18. The summed E-state index contributed by atoms with van der Waals surface area (Å²) < 4.78 is 2.67. The lowest BCUT2D eigenvalue weighted by Gasteiger charge is -2.35. The zero-order chi connectivity index (χ0) is 14.7. The average molecular weight is 393 g/mol. The molecule has 2 rings (SSSR count). The van der Waals surface area contributed by atoms with Crippen molar-refractivity contribution in [2.75, 3.05) is 0 Å². The van der Waals surface area contributed by atoms with E-state index in [-0.39, 0.29) is 36.0 Å². The van der Waals surface area contributed by atoms with Gasteiger partial charge in [0.1, 0.15) is 6.04 Å². The van der Waals surface area contributed by atoms with Gasteiger partial charge in [-0.25, -0.2) is 0 Å². The Bertz CT molecular complexity index is 375. The Hall–Kier alpha value is -0.370. The minimum atomic E-state index is -0.279. The summed E-state index contributed by atoms with van der Waals surface area (Å²) in [7, 11) is 0. The van der Waals surface area contributed by atoms with E-state index in [1.807, 2.05) is 27.8 Å². The topological polar surface area (TPSA) is 61.4 Å². The molecule has 2 N–H and O–H groups in total. The normalized spacial score (nSPS) is 30.9. The first-order valence-corrected chi connectivity index (χ1v) is 8.61. The van der Waals surface area contributed by atoms with Gasteiger partial charge < -0.3 is 10.2 Å². The summed E-state index contributed by atoms with van der Waals surface area (Å²) in [6.07, 6.45) is 5.88. The van der Waals surface area contributed by atoms with Crippen LogP contribution in [0.3, 0.4) is 0 Å². The van der Waals surface area contributed by atoms with Crippen molar-refractivity contribution in [1.82, 2.24) is 13.7 Å². The van der Waals surface area contributed by atoms with Crippen molar-refractivity contribution >= 4 is 34.7 Å². The molecular weight excluding hydrogens is 369 g/mol. The first-order chi connectivity index (χ1) is 9.54. The third kappa shape index (κ3) is 3.44. The average Bonchev–Trinajstić information content (AvgIpc) is 2.81. The number of halogens is 1. The fraction of sp³-hybridized carbons (Fsp3) is 0.857. The highest BCUT2D eigenvalue weighted by atomic mass is 127. The lowest BCUT2D eigenvalue weighted by atomic mass is 9.98. The van der Waals surface area contributed by atoms with Crippen molar-refractivity contribution in [2.24, 2.45) is 0 Å². The summed E-state index contributed by atoms with van der Waals surface area (Å²) in [5.74, 6) is 0.0798. The van der Waals surface area contributed by atoms with Crippen LogP contribution in [-0.4, -0.2) is 40.9 Å². The molecule has 0 spiro atoms. The molecular formula is C14H24IN3O2. The van der Waals surface area contributed by atoms with Crippen LogP contribution in [0.25, 0.3) is 0 Å². The van der Waals surface area contributed by atoms with E-state index in [2.05, 4.69) is 22.7 Å². The van der Waals surface area contributed by atoms with E-state index in [0.29, 0.717) is 0 Å². The van der Waals surface area contributed by atoms with Gasteiger partial charge in [-0.2, -0.15) is 0 Å². The number of rotatable bonds is 3. The highest BCUT2D eigenvalue weighted by Gasteiger charge is 2.43. The van der Waals surface area contributed by atoms with Crippen LogP contribution in [0.15, 0.2) is 0 Å². The number of hydrogen-bond donors (Lipinski definition) is 2. The zero-order valence-corrected chi connectivity index (χ0v) is 14.4. The molecule has 0 unspecified atom stereocenters. The molecule has 3 atom stereocenters. The molecule has 2 fully saturated rings. The van der Waals surface area contributed by atoms with Gasteiger partial charge in [-0.05, 0) is 25.7 Å². The van der Waals surface area contributed by atoms with Crippen LogP contribution < -0.4 is 8.85 Å². The van der Waals surface area contributed by atoms with Crippen molar-refractivity contribution in [3.63, 3.8) is 0 Å². The summed E-state index contributed by atoms with van der Waals surface area (Å²) in [5.41, 5.74) is 0. The van der Waals surface area contributed by atoms with E-state index in [1.165, 1.54) is 0 Å². The maximum absolute atomic E-state index is 12.8. The maximum Gasteiger partial charge on any atom is 0.251 e. The second-order valence-corrected chi connectivity index (χ2v) is 6.65. The summed E-state index contributed by atoms with van der Waals surface area (Å²) >= 11 is 1.86. The smallest absolute Gasteiger partial charge is 0.251 e. The fourth-order valence-electron chi connectivity index (χ4n) is 3.41. The van der Waals surface area contributed by atoms with E-state index in [0.717, 1.165) is 38.5 Å². The number of carbonyl (C=O) groups excluding carboxylic acids is 2. The largest absolute Gasteiger partial charge is 0.326 e. The Morgan fingerprint density at radius 1 is 1.25 bits per heavy atom. The van der Waals surface area contributed by atoms with Crippen molar-refractivity contribution in [1.29, 1.82) is 0 Å². The van der Waals surface area contributed by atoms with Crippen LogP contribution in [0.5, 0.6) is 0 Å². The molecule has 0 bridgehead atoms. The first-order valence-electron chi connectivity index (χ1n) is 7.53. The van der Waals surface area contributed by atoms with Gasteiger partial charge in [-0.15, -0.1) is 0 Å². The number of carbonyl (C=O) groups is 2. The predicted octanol–water partition coefficient (Wildman–Crippen LogP) is 1.75. The van der Waals surface area contributed by atoms with E-state index in [9.17, 15) is 9.59 Å². The van der Waals surface area contributed by atoms with Crippen LogP contribution >= 0.6 is 22.9 Å². The monoisotopic (exact) mass is 393 g/mol. The van der Waals surface area contributed by atoms with Gasteiger partial charge >= 0.3 is 0 Å². The number of amides is 2. The van der Waals surface area contributed by atoms with Crippen molar-refractivity contribution < 1.29 is 9.59 Å². The predicted molar refractivity (Wildman–Crippen MR) is 86.3 cm³/mol. The summed E-state index contributed by atoms with van der Waals surface area (Å²) in [4.78, 5) is 26.7. The lowest BCUT2D eigenvalue weighted by molar-refractivity contribution is -0.142. The van der Waals surface area contributed by atoms with Gasteiger partial charge in [0.25, 0.3) is 5.91 Å². The third-order valence-electron chi connectivity index (χ3n) is 4.27. The molecule has 0 radical (unpaired) electrons. The molecule has 0 saturated carbocycles. The van der Waals surface area contributed by atoms with Crippen molar-refractivity contribution in [3.05, 3.63) is 0 Å². The summed E-state index contributed by atoms with van der Waals surface area (Å²) in [6, 6.07) is 0.110. The fourth-order valence-corrected chi connectivity index (χ4v) is 3.77. The molecule has 0 aromatic heterocycles. The molecule has 0 aliphatic carbocycles. The highest BCUT2D eigenvalue weighted by molar-refractivity contribution is 14.1. The summed E-state index contributed by atoms with van der Waals surface area (Å²) in [5, 5.41) is 3.36. The highest BCUT2D eigenvalue weighted by Crippen LogP contribution is 2.31. The molecule has 2 saturated heterocycles. The van der Waals surface area contributed by atoms with Crippen molar-refractivity contribution in [3.8, 4) is 0 Å². The van der Waals surface area contributed by atoms with Crippen LogP contribution in [0.4, 0.5) is 0 Å². The summed E-state index contributed by atoms with van der Waals surface area (Å²) in [6.45, 7) is 4.12. The third-order valence-corrected chi connectivity index (χ3v) is 4.80. The Morgan fingerprint density at radius 2 is 1.95 bits per heavy atom. The van der Waals surface area contributed by atoms with Gasteiger partial charge in [0.15, 0.2) is 0 Å². The van der Waals surface area contributed by atoms with Crippen LogP contribution in [-0.2, 0) is 9.59 Å². The second-order valence-electron chi connectivity index (χ2n) is 6.11. The zero-order valence-electron chi connectivity index (χ0n) is 12.2. The van der Waals surface area contributed by atoms with Crippen LogP contribution in [0.1, 0.15) is 52.4 Å². The standard InChI is InChI=1S/C14H24IN3O2/c1-9(2)16-11-6-4-3-5-10-7-8-12(13(19)17-15)18(10)14(11)20/h9-12,16H,3-8H2,1-2H3,(H,17,19)/t10-,11-,12+/m0/s1. The number of hydrogen-bond acceptors (Lipinski definition) is 3. The molecule has 2 heterocycles. The van der Waals surface area contributed by atoms with Crippen LogP contribution in [0, 0.1) is 0 Å². The molecule has 2 aliphatic heterocycles. The van der Waals surface area contributed by atoms with Gasteiger partial charge in [-0.1, -0.05) is 26.7 Å². The van der Waals surface area contributed by atoms with Crippen molar-refractivity contribution in [2.45, 2.75) is 76.5 Å². The Morgan fingerprint density at radius 3 is 2.60 bits per heavy atom. The molecule has 6 heteroatoms. The lowest BCUT2D eigenvalue weighted by Crippen LogP contribution is -2.55. The second kappa shape index (κ2) is 7.06. The molecule has 5 nitrogen and oxygen atoms in total. The SMILES string of the molecule is CC(C)N[C@H]1CCCC[C@H]2CC[C@H](C(=O)NI)N2C1=O. The molecule has 0 aromatic rings. The van der Waals surface area contributed by atoms with Gasteiger partial charge in [0, 0.05) is 12.1 Å². The first kappa shape index (κ1) is 16.0. The van der Waals surface area contributed by atoms with E-state index < -0.39 is 0 Å². The van der Waals surface area contributed by atoms with Crippen LogP contribution in [0.2, 0.25) is 0 Å².